The number of carbonyl (C=O) groups excluding carboxylic acids is 1. The zero-order chi connectivity index (χ0) is 14.3. The first-order chi connectivity index (χ1) is 9.54. The molecule has 1 aromatic rings. The van der Waals surface area contributed by atoms with Gasteiger partial charge in [0.2, 0.25) is 0 Å². The Morgan fingerprint density at radius 2 is 2.15 bits per heavy atom. The second-order valence-corrected chi connectivity index (χ2v) is 6.69. The summed E-state index contributed by atoms with van der Waals surface area (Å²) in [7, 11) is 1.93. The van der Waals surface area contributed by atoms with Crippen molar-refractivity contribution >= 4 is 11.6 Å². The average molecular weight is 272 g/mol. The number of fused-ring (bicyclic) bond motifs is 2. The van der Waals surface area contributed by atoms with Crippen LogP contribution >= 0.6 is 0 Å². The fourth-order valence-electron chi connectivity index (χ4n) is 4.11. The number of benzene rings is 1. The first-order valence-electron chi connectivity index (χ1n) is 7.66. The zero-order valence-corrected chi connectivity index (χ0v) is 12.4. The van der Waals surface area contributed by atoms with E-state index in [4.69, 9.17) is 5.73 Å². The molecule has 2 saturated carbocycles. The van der Waals surface area contributed by atoms with Gasteiger partial charge in [-0.05, 0) is 61.6 Å². The minimum absolute atomic E-state index is 0.109. The monoisotopic (exact) mass is 272 g/mol. The Bertz CT molecular complexity index is 526. The number of rotatable bonds is 3. The zero-order valence-electron chi connectivity index (χ0n) is 12.4. The van der Waals surface area contributed by atoms with Crippen LogP contribution in [-0.4, -0.2) is 24.4 Å². The molecule has 0 aliphatic heterocycles. The second kappa shape index (κ2) is 5.12. The van der Waals surface area contributed by atoms with Crippen molar-refractivity contribution in [3.05, 3.63) is 29.3 Å². The molecule has 2 aliphatic carbocycles. The number of amides is 1. The Hall–Kier alpha value is -1.51. The molecule has 0 radical (unpaired) electrons. The van der Waals surface area contributed by atoms with Crippen LogP contribution in [0.25, 0.3) is 0 Å². The van der Waals surface area contributed by atoms with Gasteiger partial charge in [0.05, 0.1) is 0 Å². The molecule has 0 aromatic heterocycles. The molecule has 0 heterocycles. The number of nitrogens with two attached hydrogens (primary N) is 1. The molecule has 1 aromatic carbocycles. The third kappa shape index (κ3) is 2.41. The standard InChI is InChI=1S/C17H24N2O/c1-11-3-6-15(18)9-16(11)17(20)19(2)10-14-8-12-4-5-13(14)7-12/h3,6,9,12-14H,4-5,7-8,10,18H2,1-2H3. The highest BCUT2D eigenvalue weighted by atomic mass is 16.2. The van der Waals surface area contributed by atoms with Crippen LogP contribution in [0.2, 0.25) is 0 Å². The van der Waals surface area contributed by atoms with Crippen LogP contribution in [0.4, 0.5) is 5.69 Å². The lowest BCUT2D eigenvalue weighted by Crippen LogP contribution is -2.34. The molecule has 1 amide bonds. The lowest BCUT2D eigenvalue weighted by molar-refractivity contribution is 0.0753. The maximum Gasteiger partial charge on any atom is 0.253 e. The van der Waals surface area contributed by atoms with E-state index in [1.807, 2.05) is 31.0 Å². The fourth-order valence-corrected chi connectivity index (χ4v) is 4.11. The molecule has 3 rings (SSSR count). The molecular weight excluding hydrogens is 248 g/mol. The largest absolute Gasteiger partial charge is 0.399 e. The van der Waals surface area contributed by atoms with E-state index < -0.39 is 0 Å². The quantitative estimate of drug-likeness (QED) is 0.859. The van der Waals surface area contributed by atoms with Crippen LogP contribution in [0.15, 0.2) is 18.2 Å². The van der Waals surface area contributed by atoms with Crippen LogP contribution in [-0.2, 0) is 0 Å². The first-order valence-corrected chi connectivity index (χ1v) is 7.66. The summed E-state index contributed by atoms with van der Waals surface area (Å²) in [6, 6.07) is 5.57. The van der Waals surface area contributed by atoms with Crippen molar-refractivity contribution < 1.29 is 4.79 Å². The lowest BCUT2D eigenvalue weighted by Gasteiger charge is -2.27. The van der Waals surface area contributed by atoms with Gasteiger partial charge in [-0.15, -0.1) is 0 Å². The van der Waals surface area contributed by atoms with Crippen LogP contribution in [0.1, 0.15) is 41.6 Å². The molecule has 2 N–H and O–H groups in total. The van der Waals surface area contributed by atoms with Crippen molar-refractivity contribution in [3.8, 4) is 0 Å². The lowest BCUT2D eigenvalue weighted by atomic mass is 9.88. The summed E-state index contributed by atoms with van der Waals surface area (Å²) in [4.78, 5) is 14.5. The van der Waals surface area contributed by atoms with Crippen molar-refractivity contribution in [2.45, 2.75) is 32.6 Å². The van der Waals surface area contributed by atoms with E-state index >= 15 is 0 Å². The first kappa shape index (κ1) is 13.5. The van der Waals surface area contributed by atoms with Gasteiger partial charge in [0.1, 0.15) is 0 Å². The predicted octanol–water partition coefficient (Wildman–Crippen LogP) is 3.09. The van der Waals surface area contributed by atoms with Crippen molar-refractivity contribution in [1.82, 2.24) is 4.90 Å². The SMILES string of the molecule is Cc1ccc(N)cc1C(=O)N(C)CC1CC2CCC1C2. The Morgan fingerprint density at radius 3 is 2.80 bits per heavy atom. The number of nitrogen functional groups attached to an aromatic ring is 1. The van der Waals surface area contributed by atoms with E-state index in [-0.39, 0.29) is 5.91 Å². The molecule has 3 heteroatoms. The number of aryl methyl sites for hydroxylation is 1. The molecule has 3 nitrogen and oxygen atoms in total. The Balaban J connectivity index is 1.69. The van der Waals surface area contributed by atoms with Gasteiger partial charge in [0.25, 0.3) is 5.91 Å². The van der Waals surface area contributed by atoms with Crippen molar-refractivity contribution in [1.29, 1.82) is 0 Å². The van der Waals surface area contributed by atoms with Gasteiger partial charge >= 0.3 is 0 Å². The van der Waals surface area contributed by atoms with Crippen LogP contribution in [0.3, 0.4) is 0 Å². The van der Waals surface area contributed by atoms with Gasteiger partial charge in [0.15, 0.2) is 0 Å². The minimum atomic E-state index is 0.109. The van der Waals surface area contributed by atoms with Crippen LogP contribution < -0.4 is 5.73 Å². The smallest absolute Gasteiger partial charge is 0.253 e. The van der Waals surface area contributed by atoms with Crippen molar-refractivity contribution in [2.24, 2.45) is 17.8 Å². The van der Waals surface area contributed by atoms with Gasteiger partial charge < -0.3 is 10.6 Å². The third-order valence-corrected chi connectivity index (χ3v) is 5.23. The molecule has 108 valence electrons. The van der Waals surface area contributed by atoms with E-state index in [9.17, 15) is 4.79 Å². The number of nitrogens with zero attached hydrogens (tertiary/aromatic N) is 1. The molecular formula is C17H24N2O. The van der Waals surface area contributed by atoms with E-state index in [0.717, 1.165) is 29.5 Å². The maximum atomic E-state index is 12.6. The molecule has 0 spiro atoms. The molecule has 2 aliphatic rings. The topological polar surface area (TPSA) is 46.3 Å². The maximum absolute atomic E-state index is 12.6. The Kier molecular flexibility index (Phi) is 3.45. The number of hydrogen-bond donors (Lipinski definition) is 1. The molecule has 2 fully saturated rings. The summed E-state index contributed by atoms with van der Waals surface area (Å²) in [6.07, 6.45) is 5.49. The average Bonchev–Trinajstić information content (AvgIpc) is 3.03. The van der Waals surface area contributed by atoms with Crippen molar-refractivity contribution in [2.75, 3.05) is 19.3 Å². The van der Waals surface area contributed by atoms with Gasteiger partial charge in [-0.2, -0.15) is 0 Å². The third-order valence-electron chi connectivity index (χ3n) is 5.23. The van der Waals surface area contributed by atoms with Crippen molar-refractivity contribution in [3.63, 3.8) is 0 Å². The second-order valence-electron chi connectivity index (χ2n) is 6.69. The summed E-state index contributed by atoms with van der Waals surface area (Å²) >= 11 is 0. The highest BCUT2D eigenvalue weighted by Crippen LogP contribution is 2.48. The molecule has 20 heavy (non-hydrogen) atoms. The number of hydrogen-bond acceptors (Lipinski definition) is 2. The van der Waals surface area contributed by atoms with Crippen LogP contribution in [0.5, 0.6) is 0 Å². The predicted molar refractivity (Wildman–Crippen MR) is 81.5 cm³/mol. The summed E-state index contributed by atoms with van der Waals surface area (Å²) in [5.41, 5.74) is 8.22. The molecule has 3 unspecified atom stereocenters. The van der Waals surface area contributed by atoms with Crippen LogP contribution in [0, 0.1) is 24.7 Å². The molecule has 0 saturated heterocycles. The summed E-state index contributed by atoms with van der Waals surface area (Å²) in [5, 5.41) is 0. The number of carbonyl (C=O) groups is 1. The van der Waals surface area contributed by atoms with Gasteiger partial charge in [-0.25, -0.2) is 0 Å². The van der Waals surface area contributed by atoms with Gasteiger partial charge in [0, 0.05) is 24.8 Å². The normalized spacial score (nSPS) is 27.8. The molecule has 3 atom stereocenters. The number of anilines is 1. The Labute approximate surface area is 121 Å². The summed E-state index contributed by atoms with van der Waals surface area (Å²) < 4.78 is 0. The fraction of sp³-hybridized carbons (Fsp3) is 0.588. The molecule has 2 bridgehead atoms. The summed E-state index contributed by atoms with van der Waals surface area (Å²) in [6.45, 7) is 2.87. The Morgan fingerprint density at radius 1 is 1.35 bits per heavy atom. The summed E-state index contributed by atoms with van der Waals surface area (Å²) in [5.74, 6) is 2.61. The van der Waals surface area contributed by atoms with E-state index in [2.05, 4.69) is 0 Å². The van der Waals surface area contributed by atoms with E-state index in [1.165, 1.54) is 25.7 Å². The van der Waals surface area contributed by atoms with E-state index in [1.54, 1.807) is 6.07 Å². The van der Waals surface area contributed by atoms with Gasteiger partial charge in [-0.3, -0.25) is 4.79 Å². The minimum Gasteiger partial charge on any atom is -0.399 e. The van der Waals surface area contributed by atoms with E-state index in [0.29, 0.717) is 11.6 Å². The highest BCUT2D eigenvalue weighted by Gasteiger charge is 2.40. The highest BCUT2D eigenvalue weighted by molar-refractivity contribution is 5.96. The van der Waals surface area contributed by atoms with Gasteiger partial charge in [-0.1, -0.05) is 12.5 Å².